The maximum absolute atomic E-state index is 11.4. The standard InChI is InChI=1S/C26H26N4O2S/c1-15(25-10-19(14-33-25)20-6-4-5-17-7-8-27-12-22(17)20)28-26-21-11-24(32-3)18(13-31)9-23(21)29-16(2)30-26/h4-6,9-11,13-15,27H,7-8,12H2,1-3H3,(H,28,29,30). The molecule has 1 aliphatic heterocycles. The molecule has 6 nitrogen and oxygen atoms in total. The Morgan fingerprint density at radius 2 is 2.12 bits per heavy atom. The van der Waals surface area contributed by atoms with Gasteiger partial charge in [0.1, 0.15) is 17.4 Å². The van der Waals surface area contributed by atoms with Crippen molar-refractivity contribution in [2.75, 3.05) is 19.0 Å². The molecule has 3 heterocycles. The third-order valence-electron chi connectivity index (χ3n) is 6.14. The maximum Gasteiger partial charge on any atom is 0.153 e. The summed E-state index contributed by atoms with van der Waals surface area (Å²) in [5.41, 5.74) is 6.61. The van der Waals surface area contributed by atoms with E-state index in [1.54, 1.807) is 24.5 Å². The number of aryl methyl sites for hydroxylation is 1. The number of hydrogen-bond donors (Lipinski definition) is 2. The van der Waals surface area contributed by atoms with Crippen molar-refractivity contribution in [3.63, 3.8) is 0 Å². The Morgan fingerprint density at radius 1 is 1.24 bits per heavy atom. The molecule has 0 amide bonds. The van der Waals surface area contributed by atoms with Gasteiger partial charge < -0.3 is 15.4 Å². The summed E-state index contributed by atoms with van der Waals surface area (Å²) in [4.78, 5) is 21.8. The molecule has 0 saturated carbocycles. The zero-order valence-corrected chi connectivity index (χ0v) is 19.8. The Balaban J connectivity index is 1.47. The molecule has 0 fully saturated rings. The highest BCUT2D eigenvalue weighted by Crippen LogP contribution is 2.36. The monoisotopic (exact) mass is 458 g/mol. The summed E-state index contributed by atoms with van der Waals surface area (Å²) in [7, 11) is 1.56. The van der Waals surface area contributed by atoms with Crippen LogP contribution in [-0.4, -0.2) is 29.9 Å². The van der Waals surface area contributed by atoms with Gasteiger partial charge in [0.2, 0.25) is 0 Å². The summed E-state index contributed by atoms with van der Waals surface area (Å²) in [6, 6.07) is 12.5. The Labute approximate surface area is 197 Å². The quantitative estimate of drug-likeness (QED) is 0.382. The molecule has 2 N–H and O–H groups in total. The van der Waals surface area contributed by atoms with Crippen LogP contribution in [0.3, 0.4) is 0 Å². The predicted molar refractivity (Wildman–Crippen MR) is 133 cm³/mol. The van der Waals surface area contributed by atoms with Crippen molar-refractivity contribution in [2.45, 2.75) is 32.9 Å². The van der Waals surface area contributed by atoms with E-state index < -0.39 is 0 Å². The minimum Gasteiger partial charge on any atom is -0.496 e. The van der Waals surface area contributed by atoms with Gasteiger partial charge in [-0.05, 0) is 72.6 Å². The second-order valence-corrected chi connectivity index (χ2v) is 9.27. The molecule has 0 bridgehead atoms. The van der Waals surface area contributed by atoms with E-state index in [0.29, 0.717) is 17.1 Å². The number of aromatic nitrogens is 2. The minimum absolute atomic E-state index is 0.0515. The molecule has 1 aliphatic rings. The molecule has 0 radical (unpaired) electrons. The summed E-state index contributed by atoms with van der Waals surface area (Å²) >= 11 is 1.75. The maximum atomic E-state index is 11.4. The number of carbonyl (C=O) groups excluding carboxylic acids is 1. The topological polar surface area (TPSA) is 76.1 Å². The van der Waals surface area contributed by atoms with Gasteiger partial charge in [0.25, 0.3) is 0 Å². The number of methoxy groups -OCH3 is 1. The van der Waals surface area contributed by atoms with Gasteiger partial charge >= 0.3 is 0 Å². The van der Waals surface area contributed by atoms with Crippen molar-refractivity contribution in [2.24, 2.45) is 0 Å². The van der Waals surface area contributed by atoms with Gasteiger partial charge in [-0.1, -0.05) is 18.2 Å². The Morgan fingerprint density at radius 3 is 2.94 bits per heavy atom. The lowest BCUT2D eigenvalue weighted by molar-refractivity contribution is 0.112. The lowest BCUT2D eigenvalue weighted by Gasteiger charge is -2.20. The normalized spacial score (nSPS) is 14.0. The van der Waals surface area contributed by atoms with E-state index in [9.17, 15) is 4.79 Å². The third-order valence-corrected chi connectivity index (χ3v) is 7.26. The molecule has 2 aromatic heterocycles. The summed E-state index contributed by atoms with van der Waals surface area (Å²) in [5.74, 6) is 1.90. The zero-order valence-electron chi connectivity index (χ0n) is 18.9. The molecular formula is C26H26N4O2S. The highest BCUT2D eigenvalue weighted by atomic mass is 32.1. The average Bonchev–Trinajstić information content (AvgIpc) is 3.33. The van der Waals surface area contributed by atoms with Crippen LogP contribution < -0.4 is 15.4 Å². The molecular weight excluding hydrogens is 432 g/mol. The second kappa shape index (κ2) is 8.92. The van der Waals surface area contributed by atoms with Crippen molar-refractivity contribution in [1.29, 1.82) is 0 Å². The molecule has 168 valence electrons. The third kappa shape index (κ3) is 4.10. The Bertz CT molecular complexity index is 1350. The van der Waals surface area contributed by atoms with Crippen molar-refractivity contribution in [1.82, 2.24) is 15.3 Å². The molecule has 1 atom stereocenters. The first-order valence-corrected chi connectivity index (χ1v) is 11.9. The number of nitrogens with zero attached hydrogens (tertiary/aromatic N) is 2. The van der Waals surface area contributed by atoms with Gasteiger partial charge in [-0.3, -0.25) is 4.79 Å². The van der Waals surface area contributed by atoms with Gasteiger partial charge in [-0.25, -0.2) is 9.97 Å². The highest BCUT2D eigenvalue weighted by molar-refractivity contribution is 7.10. The lowest BCUT2D eigenvalue weighted by atomic mass is 9.93. The molecule has 2 aromatic carbocycles. The van der Waals surface area contributed by atoms with Gasteiger partial charge in [0, 0.05) is 16.8 Å². The van der Waals surface area contributed by atoms with Crippen LogP contribution in [0.25, 0.3) is 22.0 Å². The first-order chi connectivity index (χ1) is 16.1. The fourth-order valence-electron chi connectivity index (χ4n) is 4.45. The fourth-order valence-corrected chi connectivity index (χ4v) is 5.36. The summed E-state index contributed by atoms with van der Waals surface area (Å²) < 4.78 is 5.40. The van der Waals surface area contributed by atoms with Crippen molar-refractivity contribution < 1.29 is 9.53 Å². The van der Waals surface area contributed by atoms with E-state index in [-0.39, 0.29) is 6.04 Å². The largest absolute Gasteiger partial charge is 0.496 e. The van der Waals surface area contributed by atoms with E-state index in [4.69, 9.17) is 4.74 Å². The van der Waals surface area contributed by atoms with Gasteiger partial charge in [-0.15, -0.1) is 11.3 Å². The van der Waals surface area contributed by atoms with Crippen LogP contribution in [0.1, 0.15) is 45.2 Å². The zero-order chi connectivity index (χ0) is 22.9. The predicted octanol–water partition coefficient (Wildman–Crippen LogP) is 5.31. The molecule has 0 saturated heterocycles. The van der Waals surface area contributed by atoms with Crippen molar-refractivity contribution >= 4 is 34.3 Å². The number of hydrogen-bond acceptors (Lipinski definition) is 7. The van der Waals surface area contributed by atoms with Gasteiger partial charge in [-0.2, -0.15) is 0 Å². The van der Waals surface area contributed by atoms with Gasteiger partial charge in [0.05, 0.1) is 24.2 Å². The number of benzene rings is 2. The molecule has 0 aliphatic carbocycles. The number of aldehydes is 1. The number of anilines is 1. The van der Waals surface area contributed by atoms with E-state index in [1.165, 1.54) is 27.1 Å². The van der Waals surface area contributed by atoms with E-state index in [2.05, 4.69) is 57.2 Å². The van der Waals surface area contributed by atoms with Crippen LogP contribution in [0.15, 0.2) is 41.8 Å². The lowest BCUT2D eigenvalue weighted by Crippen LogP contribution is -2.24. The second-order valence-electron chi connectivity index (χ2n) is 8.32. The molecule has 0 spiro atoms. The minimum atomic E-state index is 0.0515. The molecule has 33 heavy (non-hydrogen) atoms. The van der Waals surface area contributed by atoms with E-state index >= 15 is 0 Å². The molecule has 4 aromatic rings. The number of carbonyl (C=O) groups is 1. The number of ether oxygens (including phenoxy) is 1. The van der Waals surface area contributed by atoms with Crippen LogP contribution in [-0.2, 0) is 13.0 Å². The summed E-state index contributed by atoms with van der Waals surface area (Å²) in [6.45, 7) is 5.95. The number of rotatable bonds is 6. The van der Waals surface area contributed by atoms with Crippen molar-refractivity contribution in [3.8, 4) is 16.9 Å². The highest BCUT2D eigenvalue weighted by Gasteiger charge is 2.18. The van der Waals surface area contributed by atoms with Crippen LogP contribution in [0, 0.1) is 6.92 Å². The van der Waals surface area contributed by atoms with Crippen LogP contribution >= 0.6 is 11.3 Å². The molecule has 7 heteroatoms. The smallest absolute Gasteiger partial charge is 0.153 e. The molecule has 5 rings (SSSR count). The number of fused-ring (bicyclic) bond motifs is 2. The van der Waals surface area contributed by atoms with Crippen LogP contribution in [0.5, 0.6) is 5.75 Å². The molecule has 1 unspecified atom stereocenters. The van der Waals surface area contributed by atoms with Crippen LogP contribution in [0.4, 0.5) is 5.82 Å². The Hall–Kier alpha value is -3.29. The van der Waals surface area contributed by atoms with E-state index in [0.717, 1.165) is 42.5 Å². The summed E-state index contributed by atoms with van der Waals surface area (Å²) in [5, 5.41) is 10.1. The fraction of sp³-hybridized carbons (Fsp3) is 0.269. The first-order valence-electron chi connectivity index (χ1n) is 11.1. The van der Waals surface area contributed by atoms with Crippen molar-refractivity contribution in [3.05, 3.63) is 69.2 Å². The number of nitrogens with one attached hydrogen (secondary N) is 2. The summed E-state index contributed by atoms with van der Waals surface area (Å²) in [6.07, 6.45) is 1.87. The Kier molecular flexibility index (Phi) is 5.83. The van der Waals surface area contributed by atoms with Crippen LogP contribution in [0.2, 0.25) is 0 Å². The first kappa shape index (κ1) is 21.6. The average molecular weight is 459 g/mol. The van der Waals surface area contributed by atoms with E-state index in [1.807, 2.05) is 13.0 Å². The SMILES string of the molecule is COc1cc2c(NC(C)c3cc(-c4cccc5c4CNCC5)cs3)nc(C)nc2cc1C=O. The van der Waals surface area contributed by atoms with Gasteiger partial charge in [0.15, 0.2) is 6.29 Å². The number of thiophene rings is 1.